The lowest BCUT2D eigenvalue weighted by atomic mass is 9.95. The van der Waals surface area contributed by atoms with Crippen molar-refractivity contribution in [1.82, 2.24) is 0 Å². The summed E-state index contributed by atoms with van der Waals surface area (Å²) in [5, 5.41) is 0. The zero-order valence-electron chi connectivity index (χ0n) is 34.0. The van der Waals surface area contributed by atoms with Crippen molar-refractivity contribution in [3.63, 3.8) is 0 Å². The number of carbonyl (C=O) groups excluding carboxylic acids is 3. The molecule has 6 nitrogen and oxygen atoms in total. The van der Waals surface area contributed by atoms with Crippen molar-refractivity contribution in [3.05, 3.63) is 34.9 Å². The van der Waals surface area contributed by atoms with E-state index in [1.165, 1.54) is 63.9 Å². The van der Waals surface area contributed by atoms with E-state index in [0.29, 0.717) is 31.7 Å². The molecule has 0 aliphatic rings. The number of ether oxygens (including phenoxy) is 3. The Hall–Kier alpha value is -2.37. The maximum Gasteiger partial charge on any atom is 0.339 e. The highest BCUT2D eigenvalue weighted by Crippen LogP contribution is 2.24. The molecule has 0 aliphatic carbocycles. The quantitative estimate of drug-likeness (QED) is 0.0410. The molecular formula is C45H78O6. The number of unbranched alkanes of at least 4 members (excludes halogenated alkanes) is 12. The van der Waals surface area contributed by atoms with Crippen LogP contribution in [0.5, 0.6) is 0 Å². The van der Waals surface area contributed by atoms with Gasteiger partial charge in [-0.25, -0.2) is 14.4 Å². The molecule has 3 unspecified atom stereocenters. The van der Waals surface area contributed by atoms with Gasteiger partial charge in [0.15, 0.2) is 0 Å². The maximum atomic E-state index is 13.8. The first-order valence-corrected chi connectivity index (χ1v) is 21.5. The van der Waals surface area contributed by atoms with Gasteiger partial charge in [-0.2, -0.15) is 0 Å². The van der Waals surface area contributed by atoms with Crippen LogP contribution in [0.25, 0.3) is 0 Å². The molecular weight excluding hydrogens is 636 g/mol. The topological polar surface area (TPSA) is 78.9 Å². The maximum absolute atomic E-state index is 13.8. The molecule has 51 heavy (non-hydrogen) atoms. The van der Waals surface area contributed by atoms with Crippen molar-refractivity contribution in [1.29, 1.82) is 0 Å². The van der Waals surface area contributed by atoms with Gasteiger partial charge in [-0.1, -0.05) is 157 Å². The Morgan fingerprint density at radius 1 is 0.412 bits per heavy atom. The van der Waals surface area contributed by atoms with E-state index in [4.69, 9.17) is 14.2 Å². The molecule has 0 heterocycles. The summed E-state index contributed by atoms with van der Waals surface area (Å²) in [5.41, 5.74) is 0.504. The molecule has 0 spiro atoms. The van der Waals surface area contributed by atoms with E-state index in [1.54, 1.807) is 12.1 Å². The minimum atomic E-state index is -0.578. The first-order chi connectivity index (χ1) is 24.8. The van der Waals surface area contributed by atoms with Crippen LogP contribution >= 0.6 is 0 Å². The van der Waals surface area contributed by atoms with Gasteiger partial charge in [-0.05, 0) is 74.5 Å². The summed E-state index contributed by atoms with van der Waals surface area (Å²) in [6, 6.07) is 4.64. The van der Waals surface area contributed by atoms with E-state index in [2.05, 4.69) is 41.5 Å². The summed E-state index contributed by atoms with van der Waals surface area (Å²) in [6.07, 6.45) is 26.9. The van der Waals surface area contributed by atoms with E-state index < -0.39 is 17.9 Å². The van der Waals surface area contributed by atoms with Crippen LogP contribution in [-0.4, -0.2) is 37.7 Å². The summed E-state index contributed by atoms with van der Waals surface area (Å²) in [6.45, 7) is 14.2. The van der Waals surface area contributed by atoms with Crippen molar-refractivity contribution >= 4 is 17.9 Å². The zero-order valence-corrected chi connectivity index (χ0v) is 34.0. The summed E-state index contributed by atoms with van der Waals surface area (Å²) in [5.74, 6) is -0.688. The molecule has 1 aromatic rings. The first kappa shape index (κ1) is 46.7. The molecule has 0 bridgehead atoms. The molecule has 0 saturated carbocycles. The predicted molar refractivity (Wildman–Crippen MR) is 213 cm³/mol. The smallest absolute Gasteiger partial charge is 0.339 e. The molecule has 0 amide bonds. The molecule has 0 fully saturated rings. The third-order valence-corrected chi connectivity index (χ3v) is 10.3. The fraction of sp³-hybridized carbons (Fsp3) is 0.800. The second-order valence-corrected chi connectivity index (χ2v) is 15.1. The van der Waals surface area contributed by atoms with Gasteiger partial charge in [-0.3, -0.25) is 0 Å². The van der Waals surface area contributed by atoms with Gasteiger partial charge >= 0.3 is 17.9 Å². The van der Waals surface area contributed by atoms with Crippen LogP contribution < -0.4 is 0 Å². The van der Waals surface area contributed by atoms with E-state index in [1.807, 2.05) is 0 Å². The molecule has 0 radical (unpaired) electrons. The second kappa shape index (κ2) is 31.2. The van der Waals surface area contributed by atoms with E-state index in [0.717, 1.165) is 96.3 Å². The van der Waals surface area contributed by atoms with Crippen LogP contribution in [0.4, 0.5) is 0 Å². The highest BCUT2D eigenvalue weighted by atomic mass is 16.5. The van der Waals surface area contributed by atoms with Crippen LogP contribution in [0.1, 0.15) is 227 Å². The monoisotopic (exact) mass is 715 g/mol. The van der Waals surface area contributed by atoms with Crippen LogP contribution in [0.3, 0.4) is 0 Å². The largest absolute Gasteiger partial charge is 0.462 e. The number of hydrogen-bond donors (Lipinski definition) is 0. The Bertz CT molecular complexity index is 1040. The number of benzene rings is 1. The Labute approximate surface area is 313 Å². The number of rotatable bonds is 33. The van der Waals surface area contributed by atoms with E-state index >= 15 is 0 Å². The van der Waals surface area contributed by atoms with Crippen molar-refractivity contribution < 1.29 is 28.6 Å². The molecule has 1 aromatic carbocycles. The van der Waals surface area contributed by atoms with E-state index in [-0.39, 0.29) is 22.6 Å². The number of esters is 3. The SMILES string of the molecule is CCCCCCC(CCCC)COC(=O)c1ccc(C(=O)OCC(CCCC)CCCCCC)c(C(=O)OCC(CCCC)CCCCCC)c1. The van der Waals surface area contributed by atoms with Crippen molar-refractivity contribution in [2.24, 2.45) is 17.8 Å². The second-order valence-electron chi connectivity index (χ2n) is 15.1. The molecule has 0 aliphatic heterocycles. The summed E-state index contributed by atoms with van der Waals surface area (Å²) in [7, 11) is 0. The molecule has 0 N–H and O–H groups in total. The number of carbonyl (C=O) groups is 3. The van der Waals surface area contributed by atoms with Gasteiger partial charge in [-0.15, -0.1) is 0 Å². The van der Waals surface area contributed by atoms with Gasteiger partial charge in [0.25, 0.3) is 0 Å². The average molecular weight is 715 g/mol. The predicted octanol–water partition coefficient (Wildman–Crippen LogP) is 13.5. The summed E-state index contributed by atoms with van der Waals surface area (Å²) in [4.78, 5) is 40.7. The standard InChI is InChI=1S/C45H78O6/c1-7-13-19-22-28-37(25-16-10-4)34-49-43(46)40-31-32-41(44(47)50-35-38(26-17-11-5)29-23-20-14-8-2)42(33-40)45(48)51-36-39(27-18-12-6)30-24-21-15-9-3/h31-33,37-39H,7-30,34-36H2,1-6H3. The van der Waals surface area contributed by atoms with Crippen molar-refractivity contribution in [2.75, 3.05) is 19.8 Å². The van der Waals surface area contributed by atoms with Gasteiger partial charge in [0.05, 0.1) is 36.5 Å². The third kappa shape index (κ3) is 21.7. The van der Waals surface area contributed by atoms with Gasteiger partial charge in [0.1, 0.15) is 0 Å². The summed E-state index contributed by atoms with van der Waals surface area (Å²) >= 11 is 0. The lowest BCUT2D eigenvalue weighted by Crippen LogP contribution is -2.21. The van der Waals surface area contributed by atoms with Crippen LogP contribution in [0, 0.1) is 17.8 Å². The third-order valence-electron chi connectivity index (χ3n) is 10.3. The normalized spacial score (nSPS) is 13.1. The minimum Gasteiger partial charge on any atom is -0.462 e. The molecule has 3 atom stereocenters. The highest BCUT2D eigenvalue weighted by Gasteiger charge is 2.25. The lowest BCUT2D eigenvalue weighted by Gasteiger charge is -2.19. The van der Waals surface area contributed by atoms with Crippen molar-refractivity contribution in [3.8, 4) is 0 Å². The van der Waals surface area contributed by atoms with Gasteiger partial charge in [0.2, 0.25) is 0 Å². The first-order valence-electron chi connectivity index (χ1n) is 21.5. The van der Waals surface area contributed by atoms with Crippen LogP contribution in [-0.2, 0) is 14.2 Å². The molecule has 6 heteroatoms. The zero-order chi connectivity index (χ0) is 37.5. The Morgan fingerprint density at radius 2 is 0.745 bits per heavy atom. The highest BCUT2D eigenvalue weighted by molar-refractivity contribution is 6.05. The number of hydrogen-bond acceptors (Lipinski definition) is 6. The van der Waals surface area contributed by atoms with Crippen LogP contribution in [0.2, 0.25) is 0 Å². The van der Waals surface area contributed by atoms with Gasteiger partial charge in [0, 0.05) is 0 Å². The Balaban J connectivity index is 3.19. The summed E-state index contributed by atoms with van der Waals surface area (Å²) < 4.78 is 17.7. The lowest BCUT2D eigenvalue weighted by molar-refractivity contribution is 0.0373. The van der Waals surface area contributed by atoms with Crippen LogP contribution in [0.15, 0.2) is 18.2 Å². The fourth-order valence-corrected chi connectivity index (χ4v) is 6.83. The van der Waals surface area contributed by atoms with E-state index in [9.17, 15) is 14.4 Å². The van der Waals surface area contributed by atoms with Gasteiger partial charge < -0.3 is 14.2 Å². The Kier molecular flexibility index (Phi) is 28.5. The van der Waals surface area contributed by atoms with Crippen molar-refractivity contribution in [2.45, 2.75) is 196 Å². The molecule has 0 saturated heterocycles. The molecule has 294 valence electrons. The Morgan fingerprint density at radius 3 is 1.12 bits per heavy atom. The molecule has 0 aromatic heterocycles. The fourth-order valence-electron chi connectivity index (χ4n) is 6.83. The average Bonchev–Trinajstić information content (AvgIpc) is 3.15. The molecule has 1 rings (SSSR count). The minimum absolute atomic E-state index is 0.0878.